The summed E-state index contributed by atoms with van der Waals surface area (Å²) in [5.74, 6) is 1.32. The van der Waals surface area contributed by atoms with E-state index in [1.54, 1.807) is 0 Å². The van der Waals surface area contributed by atoms with Crippen LogP contribution in [0.15, 0.2) is 4.52 Å². The van der Waals surface area contributed by atoms with Crippen LogP contribution in [-0.2, 0) is 6.42 Å². The maximum atomic E-state index is 5.26. The number of likely N-dealkylation sites (N-methyl/N-ethyl adjacent to an activating group) is 1. The molecule has 1 unspecified atom stereocenters. The molecule has 0 aliphatic carbocycles. The van der Waals surface area contributed by atoms with E-state index < -0.39 is 0 Å². The fourth-order valence-corrected chi connectivity index (χ4v) is 1.62. The molecule has 0 aliphatic heterocycles. The summed E-state index contributed by atoms with van der Waals surface area (Å²) in [5, 5.41) is 7.39. The summed E-state index contributed by atoms with van der Waals surface area (Å²) in [7, 11) is 3.81. The Labute approximate surface area is 104 Å². The number of hydrogen-bond acceptors (Lipinski definition) is 5. The van der Waals surface area contributed by atoms with Gasteiger partial charge >= 0.3 is 0 Å². The Morgan fingerprint density at radius 3 is 2.41 bits per heavy atom. The van der Waals surface area contributed by atoms with Crippen molar-refractivity contribution in [2.45, 2.75) is 40.2 Å². The van der Waals surface area contributed by atoms with E-state index in [4.69, 9.17) is 4.52 Å². The summed E-state index contributed by atoms with van der Waals surface area (Å²) >= 11 is 0. The van der Waals surface area contributed by atoms with Crippen LogP contribution in [0.3, 0.4) is 0 Å². The molecule has 0 saturated heterocycles. The van der Waals surface area contributed by atoms with Crippen LogP contribution < -0.4 is 10.2 Å². The van der Waals surface area contributed by atoms with Crippen LogP contribution in [0.25, 0.3) is 0 Å². The highest BCUT2D eigenvalue weighted by atomic mass is 16.5. The van der Waals surface area contributed by atoms with Crippen LogP contribution in [0.1, 0.15) is 33.6 Å². The Kier molecular flexibility index (Phi) is 4.51. The second kappa shape index (κ2) is 5.49. The number of hydrogen-bond donors (Lipinski definition) is 1. The van der Waals surface area contributed by atoms with Gasteiger partial charge in [0, 0.05) is 26.6 Å². The normalized spacial score (nSPS) is 13.8. The van der Waals surface area contributed by atoms with Crippen LogP contribution in [0, 0.1) is 5.41 Å². The van der Waals surface area contributed by atoms with Crippen LogP contribution in [0.5, 0.6) is 0 Å². The number of nitrogens with one attached hydrogen (secondary N) is 1. The van der Waals surface area contributed by atoms with Crippen LogP contribution in [0.4, 0.5) is 5.95 Å². The van der Waals surface area contributed by atoms with Crippen molar-refractivity contribution in [3.8, 4) is 0 Å². The van der Waals surface area contributed by atoms with Crippen LogP contribution in [-0.4, -0.2) is 36.8 Å². The third-order valence-electron chi connectivity index (χ3n) is 2.73. The topological polar surface area (TPSA) is 54.2 Å². The van der Waals surface area contributed by atoms with Gasteiger partial charge in [0.05, 0.1) is 0 Å². The molecule has 0 fully saturated rings. The first-order valence-electron chi connectivity index (χ1n) is 6.08. The largest absolute Gasteiger partial charge is 0.344 e. The molecule has 0 aliphatic rings. The molecular formula is C12H24N4O. The standard InChI is InChI=1S/C12H24N4O/c1-7-13-9(12(2,3)4)8-10-14-11(15-17-10)16(5)6/h9,13H,7-8H2,1-6H3. The zero-order valence-electron chi connectivity index (χ0n) is 11.7. The third kappa shape index (κ3) is 4.00. The van der Waals surface area contributed by atoms with E-state index in [1.807, 2.05) is 19.0 Å². The van der Waals surface area contributed by atoms with Crippen LogP contribution in [0.2, 0.25) is 0 Å². The number of nitrogens with zero attached hydrogens (tertiary/aromatic N) is 3. The van der Waals surface area contributed by atoms with E-state index in [0.29, 0.717) is 17.9 Å². The van der Waals surface area contributed by atoms with Gasteiger partial charge in [0.25, 0.3) is 5.95 Å². The molecule has 0 radical (unpaired) electrons. The Balaban J connectivity index is 2.72. The summed E-state index contributed by atoms with van der Waals surface area (Å²) in [6.07, 6.45) is 0.762. The van der Waals surface area contributed by atoms with Gasteiger partial charge in [-0.2, -0.15) is 4.98 Å². The van der Waals surface area contributed by atoms with Crippen molar-refractivity contribution in [1.29, 1.82) is 0 Å². The fraction of sp³-hybridized carbons (Fsp3) is 0.833. The van der Waals surface area contributed by atoms with E-state index in [2.05, 4.69) is 43.2 Å². The van der Waals surface area contributed by atoms with E-state index in [-0.39, 0.29) is 5.41 Å². The Morgan fingerprint density at radius 2 is 2.00 bits per heavy atom. The molecule has 98 valence electrons. The molecule has 0 spiro atoms. The molecule has 0 bridgehead atoms. The van der Waals surface area contributed by atoms with Crippen LogP contribution >= 0.6 is 0 Å². The first-order valence-corrected chi connectivity index (χ1v) is 6.08. The smallest absolute Gasteiger partial charge is 0.265 e. The van der Waals surface area contributed by atoms with Gasteiger partial charge < -0.3 is 14.7 Å². The second-order valence-corrected chi connectivity index (χ2v) is 5.56. The number of aromatic nitrogens is 2. The van der Waals surface area contributed by atoms with Crippen molar-refractivity contribution in [2.24, 2.45) is 5.41 Å². The van der Waals surface area contributed by atoms with E-state index in [1.165, 1.54) is 0 Å². The number of anilines is 1. The minimum absolute atomic E-state index is 0.169. The van der Waals surface area contributed by atoms with Gasteiger partial charge in [0.2, 0.25) is 5.89 Å². The van der Waals surface area contributed by atoms with Crippen molar-refractivity contribution in [1.82, 2.24) is 15.5 Å². The van der Waals surface area contributed by atoms with Gasteiger partial charge in [-0.3, -0.25) is 0 Å². The van der Waals surface area contributed by atoms with E-state index in [9.17, 15) is 0 Å². The molecule has 17 heavy (non-hydrogen) atoms. The highest BCUT2D eigenvalue weighted by Gasteiger charge is 2.26. The molecule has 5 nitrogen and oxygen atoms in total. The van der Waals surface area contributed by atoms with Gasteiger partial charge in [-0.25, -0.2) is 0 Å². The molecule has 1 atom stereocenters. The van der Waals surface area contributed by atoms with Crippen molar-refractivity contribution in [3.05, 3.63) is 5.89 Å². The Bertz CT molecular complexity index is 341. The molecular weight excluding hydrogens is 216 g/mol. The zero-order chi connectivity index (χ0) is 13.1. The highest BCUT2D eigenvalue weighted by molar-refractivity contribution is 5.23. The van der Waals surface area contributed by atoms with Crippen molar-refractivity contribution in [3.63, 3.8) is 0 Å². The average Bonchev–Trinajstić information content (AvgIpc) is 2.64. The fourth-order valence-electron chi connectivity index (χ4n) is 1.62. The summed E-state index contributed by atoms with van der Waals surface area (Å²) in [4.78, 5) is 6.19. The third-order valence-corrected chi connectivity index (χ3v) is 2.73. The summed E-state index contributed by atoms with van der Waals surface area (Å²) < 4.78 is 5.26. The lowest BCUT2D eigenvalue weighted by Gasteiger charge is -2.30. The molecule has 0 saturated carbocycles. The first kappa shape index (κ1) is 14.0. The predicted octanol–water partition coefficient (Wildman–Crippen LogP) is 1.70. The molecule has 0 amide bonds. The predicted molar refractivity (Wildman–Crippen MR) is 69.2 cm³/mol. The van der Waals surface area contributed by atoms with Crippen molar-refractivity contribution in [2.75, 3.05) is 25.5 Å². The molecule has 1 aromatic heterocycles. The maximum absolute atomic E-state index is 5.26. The molecule has 1 rings (SSSR count). The maximum Gasteiger partial charge on any atom is 0.265 e. The van der Waals surface area contributed by atoms with Crippen molar-refractivity contribution < 1.29 is 4.52 Å². The summed E-state index contributed by atoms with van der Waals surface area (Å²) in [6.45, 7) is 9.69. The lowest BCUT2D eigenvalue weighted by atomic mass is 9.85. The van der Waals surface area contributed by atoms with Gasteiger partial charge in [0.1, 0.15) is 0 Å². The summed E-state index contributed by atoms with van der Waals surface area (Å²) in [5.41, 5.74) is 0.169. The van der Waals surface area contributed by atoms with Gasteiger partial charge in [0.15, 0.2) is 0 Å². The number of rotatable bonds is 5. The van der Waals surface area contributed by atoms with Gasteiger partial charge in [-0.15, -0.1) is 0 Å². The Hall–Kier alpha value is -1.10. The molecule has 1 aromatic rings. The Morgan fingerprint density at radius 1 is 1.35 bits per heavy atom. The zero-order valence-corrected chi connectivity index (χ0v) is 11.7. The molecule has 1 N–H and O–H groups in total. The second-order valence-electron chi connectivity index (χ2n) is 5.56. The van der Waals surface area contributed by atoms with Crippen molar-refractivity contribution >= 4 is 5.95 Å². The quantitative estimate of drug-likeness (QED) is 0.849. The first-order chi connectivity index (χ1) is 7.84. The van der Waals surface area contributed by atoms with E-state index in [0.717, 1.165) is 13.0 Å². The lowest BCUT2D eigenvalue weighted by Crippen LogP contribution is -2.41. The molecule has 0 aromatic carbocycles. The molecule has 1 heterocycles. The monoisotopic (exact) mass is 240 g/mol. The van der Waals surface area contributed by atoms with Gasteiger partial charge in [-0.05, 0) is 17.1 Å². The lowest BCUT2D eigenvalue weighted by molar-refractivity contribution is 0.247. The SMILES string of the molecule is CCNC(Cc1nc(N(C)C)no1)C(C)(C)C. The average molecular weight is 240 g/mol. The minimum atomic E-state index is 0.169. The minimum Gasteiger partial charge on any atom is -0.344 e. The van der Waals surface area contributed by atoms with E-state index >= 15 is 0 Å². The highest BCUT2D eigenvalue weighted by Crippen LogP contribution is 2.22. The molecule has 5 heteroatoms. The van der Waals surface area contributed by atoms with Gasteiger partial charge in [-0.1, -0.05) is 27.7 Å². The summed E-state index contributed by atoms with van der Waals surface area (Å²) in [6, 6.07) is 0.336.